The van der Waals surface area contributed by atoms with E-state index in [-0.39, 0.29) is 29.9 Å². The van der Waals surface area contributed by atoms with Gasteiger partial charge in [-0.25, -0.2) is 8.42 Å². The first-order valence-electron chi connectivity index (χ1n) is 10.3. The van der Waals surface area contributed by atoms with Crippen LogP contribution in [0.1, 0.15) is 30.9 Å². The summed E-state index contributed by atoms with van der Waals surface area (Å²) in [6, 6.07) is 16.4. The maximum Gasteiger partial charge on any atom is 0.307 e. The Morgan fingerprint density at radius 3 is 2.43 bits per heavy atom. The highest BCUT2D eigenvalue weighted by Crippen LogP contribution is 2.31. The number of rotatable bonds is 8. The first kappa shape index (κ1) is 22.5. The highest BCUT2D eigenvalue weighted by molar-refractivity contribution is 7.89. The molecule has 0 N–H and O–H groups in total. The van der Waals surface area contributed by atoms with Crippen molar-refractivity contribution in [3.8, 4) is 0 Å². The number of benzene rings is 2. The minimum Gasteiger partial charge on any atom is -0.466 e. The number of nitrogens with zero attached hydrogens (tertiary/aromatic N) is 2. The number of aryl methyl sites for hydroxylation is 1. The van der Waals surface area contributed by atoms with Crippen molar-refractivity contribution >= 4 is 16.0 Å². The molecular formula is C23H30N2O4S. The van der Waals surface area contributed by atoms with Crippen molar-refractivity contribution in [3.63, 3.8) is 0 Å². The Hall–Kier alpha value is -2.22. The molecule has 2 aromatic rings. The van der Waals surface area contributed by atoms with Gasteiger partial charge in [-0.2, -0.15) is 4.31 Å². The van der Waals surface area contributed by atoms with E-state index in [2.05, 4.69) is 4.90 Å². The molecule has 1 fully saturated rings. The van der Waals surface area contributed by atoms with Crippen LogP contribution in [-0.4, -0.2) is 55.9 Å². The van der Waals surface area contributed by atoms with Gasteiger partial charge in [0.2, 0.25) is 10.0 Å². The van der Waals surface area contributed by atoms with Crippen LogP contribution in [-0.2, 0) is 26.1 Å². The molecule has 2 unspecified atom stereocenters. The summed E-state index contributed by atoms with van der Waals surface area (Å²) < 4.78 is 33.4. The summed E-state index contributed by atoms with van der Waals surface area (Å²) in [6.07, 6.45) is 0.710. The molecule has 0 radical (unpaired) electrons. The van der Waals surface area contributed by atoms with Crippen LogP contribution in [0.15, 0.2) is 59.5 Å². The van der Waals surface area contributed by atoms with E-state index in [0.717, 1.165) is 11.1 Å². The summed E-state index contributed by atoms with van der Waals surface area (Å²) in [5.74, 6) is -0.369. The van der Waals surface area contributed by atoms with Gasteiger partial charge in [-0.3, -0.25) is 9.69 Å². The zero-order valence-corrected chi connectivity index (χ0v) is 18.6. The van der Waals surface area contributed by atoms with Crippen LogP contribution < -0.4 is 0 Å². The summed E-state index contributed by atoms with van der Waals surface area (Å²) in [4.78, 5) is 14.7. The minimum absolute atomic E-state index is 0.0444. The lowest BCUT2D eigenvalue weighted by atomic mass is 10.0. The van der Waals surface area contributed by atoms with Crippen molar-refractivity contribution < 1.29 is 17.9 Å². The Bertz CT molecular complexity index is 945. The first-order valence-corrected chi connectivity index (χ1v) is 11.7. The first-order chi connectivity index (χ1) is 14.3. The second-order valence-electron chi connectivity index (χ2n) is 7.76. The molecule has 1 heterocycles. The van der Waals surface area contributed by atoms with Crippen molar-refractivity contribution in [1.29, 1.82) is 0 Å². The molecule has 3 rings (SSSR count). The van der Waals surface area contributed by atoms with Gasteiger partial charge in [-0.15, -0.1) is 0 Å². The van der Waals surface area contributed by atoms with Crippen LogP contribution in [0.3, 0.4) is 0 Å². The van der Waals surface area contributed by atoms with E-state index < -0.39 is 16.1 Å². The lowest BCUT2D eigenvalue weighted by Gasteiger charge is -2.32. The number of hydrogen-bond donors (Lipinski definition) is 0. The minimum atomic E-state index is -3.71. The largest absolute Gasteiger partial charge is 0.466 e. The monoisotopic (exact) mass is 430 g/mol. The molecule has 0 spiro atoms. The number of ether oxygens (including phenoxy) is 1. The van der Waals surface area contributed by atoms with Crippen molar-refractivity contribution in [3.05, 3.63) is 65.7 Å². The molecule has 162 valence electrons. The highest BCUT2D eigenvalue weighted by Gasteiger charge is 2.44. The van der Waals surface area contributed by atoms with Crippen LogP contribution in [0.25, 0.3) is 0 Å². The fourth-order valence-electron chi connectivity index (χ4n) is 4.09. The lowest BCUT2D eigenvalue weighted by molar-refractivity contribution is -0.144. The van der Waals surface area contributed by atoms with E-state index in [1.807, 2.05) is 44.3 Å². The van der Waals surface area contributed by atoms with Gasteiger partial charge in [0.25, 0.3) is 0 Å². The molecule has 0 aliphatic carbocycles. The molecule has 0 amide bonds. The summed E-state index contributed by atoms with van der Waals surface area (Å²) >= 11 is 0. The average Bonchev–Trinajstić information content (AvgIpc) is 3.13. The van der Waals surface area contributed by atoms with Gasteiger partial charge in [0.1, 0.15) is 0 Å². The third-order valence-corrected chi connectivity index (χ3v) is 7.55. The molecule has 30 heavy (non-hydrogen) atoms. The van der Waals surface area contributed by atoms with E-state index in [0.29, 0.717) is 19.5 Å². The number of carbonyl (C=O) groups is 1. The van der Waals surface area contributed by atoms with Crippen molar-refractivity contribution in [2.45, 2.75) is 50.2 Å². The van der Waals surface area contributed by atoms with Crippen LogP contribution in [0, 0.1) is 6.92 Å². The number of sulfonamides is 1. The normalized spacial score (nSPS) is 19.9. The number of carbonyl (C=O) groups excluding carboxylic acids is 1. The van der Waals surface area contributed by atoms with Crippen LogP contribution in [0.2, 0.25) is 0 Å². The Morgan fingerprint density at radius 1 is 1.13 bits per heavy atom. The van der Waals surface area contributed by atoms with Gasteiger partial charge < -0.3 is 4.74 Å². The topological polar surface area (TPSA) is 66.9 Å². The molecule has 0 bridgehead atoms. The van der Waals surface area contributed by atoms with Crippen LogP contribution >= 0.6 is 0 Å². The zero-order chi connectivity index (χ0) is 21.7. The van der Waals surface area contributed by atoms with Crippen molar-refractivity contribution in [2.24, 2.45) is 0 Å². The SMILES string of the molecule is CCOC(=O)CC1C(N(C)Cc2ccccc2)CCN1S(=O)(=O)c1ccc(C)cc1. The van der Waals surface area contributed by atoms with Gasteiger partial charge in [0.15, 0.2) is 0 Å². The molecule has 2 aromatic carbocycles. The van der Waals surface area contributed by atoms with Crippen LogP contribution in [0.4, 0.5) is 0 Å². The number of likely N-dealkylation sites (N-methyl/N-ethyl adjacent to an activating group) is 1. The molecule has 1 aliphatic rings. The summed E-state index contributed by atoms with van der Waals surface area (Å²) in [7, 11) is -1.72. The predicted octanol–water partition coefficient (Wildman–Crippen LogP) is 3.21. The molecule has 1 saturated heterocycles. The molecule has 7 heteroatoms. The fraction of sp³-hybridized carbons (Fsp3) is 0.435. The quantitative estimate of drug-likeness (QED) is 0.602. The van der Waals surface area contributed by atoms with E-state index in [4.69, 9.17) is 4.74 Å². The fourth-order valence-corrected chi connectivity index (χ4v) is 5.75. The Balaban J connectivity index is 1.86. The maximum atomic E-state index is 13.4. The number of hydrogen-bond acceptors (Lipinski definition) is 5. The van der Waals surface area contributed by atoms with Gasteiger partial charge in [-0.05, 0) is 45.0 Å². The zero-order valence-electron chi connectivity index (χ0n) is 17.8. The molecule has 6 nitrogen and oxygen atoms in total. The molecule has 0 saturated carbocycles. The van der Waals surface area contributed by atoms with Crippen molar-refractivity contribution in [1.82, 2.24) is 9.21 Å². The van der Waals surface area contributed by atoms with Crippen molar-refractivity contribution in [2.75, 3.05) is 20.2 Å². The Kier molecular flexibility index (Phi) is 7.28. The number of esters is 1. The molecule has 2 atom stereocenters. The van der Waals surface area contributed by atoms with Crippen LogP contribution in [0.5, 0.6) is 0 Å². The van der Waals surface area contributed by atoms with E-state index in [1.165, 1.54) is 4.31 Å². The summed E-state index contributed by atoms with van der Waals surface area (Å²) in [5, 5.41) is 0. The third kappa shape index (κ3) is 5.09. The van der Waals surface area contributed by atoms with E-state index in [9.17, 15) is 13.2 Å². The Morgan fingerprint density at radius 2 is 1.80 bits per heavy atom. The van der Waals surface area contributed by atoms with Gasteiger partial charge in [0, 0.05) is 19.1 Å². The molecule has 0 aromatic heterocycles. The summed E-state index contributed by atoms with van der Waals surface area (Å²) in [5.41, 5.74) is 2.15. The lowest BCUT2D eigenvalue weighted by Crippen LogP contribution is -2.46. The smallest absolute Gasteiger partial charge is 0.307 e. The average molecular weight is 431 g/mol. The predicted molar refractivity (Wildman–Crippen MR) is 116 cm³/mol. The van der Waals surface area contributed by atoms with E-state index in [1.54, 1.807) is 31.2 Å². The third-order valence-electron chi connectivity index (χ3n) is 5.61. The second-order valence-corrected chi connectivity index (χ2v) is 9.65. The standard InChI is InChI=1S/C23H30N2O4S/c1-4-29-23(26)16-22-21(24(3)17-19-8-6-5-7-9-19)14-15-25(22)30(27,28)20-12-10-18(2)11-13-20/h5-13,21-22H,4,14-17H2,1-3H3. The highest BCUT2D eigenvalue weighted by atomic mass is 32.2. The van der Waals surface area contributed by atoms with E-state index >= 15 is 0 Å². The second kappa shape index (κ2) is 9.73. The van der Waals surface area contributed by atoms with Gasteiger partial charge in [-0.1, -0.05) is 48.0 Å². The maximum absolute atomic E-state index is 13.4. The summed E-state index contributed by atoms with van der Waals surface area (Å²) in [6.45, 7) is 5.02. The van der Waals surface area contributed by atoms with Gasteiger partial charge in [0.05, 0.1) is 24.0 Å². The van der Waals surface area contributed by atoms with Gasteiger partial charge >= 0.3 is 5.97 Å². The Labute approximate surface area is 179 Å². The molecular weight excluding hydrogens is 400 g/mol. The molecule has 1 aliphatic heterocycles.